The van der Waals surface area contributed by atoms with Crippen molar-refractivity contribution in [3.05, 3.63) is 99.9 Å². The van der Waals surface area contributed by atoms with Gasteiger partial charge in [0.05, 0.1) is 22.6 Å². The first-order chi connectivity index (χ1) is 19.1. The highest BCUT2D eigenvalue weighted by Crippen LogP contribution is 2.32. The van der Waals surface area contributed by atoms with Crippen molar-refractivity contribution in [3.8, 4) is 23.1 Å². The van der Waals surface area contributed by atoms with Crippen molar-refractivity contribution in [2.24, 2.45) is 5.92 Å². The molecule has 2 heterocycles. The van der Waals surface area contributed by atoms with E-state index in [1.807, 2.05) is 39.8 Å². The van der Waals surface area contributed by atoms with Crippen LogP contribution < -0.4 is 5.56 Å². The van der Waals surface area contributed by atoms with Crippen LogP contribution in [0.15, 0.2) is 81.6 Å². The number of rotatable bonds is 9. The lowest BCUT2D eigenvalue weighted by Gasteiger charge is -2.27. The lowest BCUT2D eigenvalue weighted by molar-refractivity contribution is 0.374. The van der Waals surface area contributed by atoms with Crippen molar-refractivity contribution in [1.29, 1.82) is 5.26 Å². The predicted molar refractivity (Wildman–Crippen MR) is 153 cm³/mol. The maximum Gasteiger partial charge on any atom is 0.277 e. The molecule has 9 heteroatoms. The molecule has 2 aromatic carbocycles. The van der Waals surface area contributed by atoms with Crippen molar-refractivity contribution in [2.45, 2.75) is 62.8 Å². The summed E-state index contributed by atoms with van der Waals surface area (Å²) in [7, 11) is -4.43. The molecule has 0 aliphatic rings. The summed E-state index contributed by atoms with van der Waals surface area (Å²) in [6, 6.07) is 16.4. The number of aryl methyl sites for hydroxylation is 2. The Balaban J connectivity index is 1.91. The number of unbranched alkanes of at least 4 members (excludes halogenated alkanes) is 1. The van der Waals surface area contributed by atoms with E-state index in [-0.39, 0.29) is 10.8 Å². The minimum absolute atomic E-state index is 0.127. The molecule has 0 saturated heterocycles. The summed E-state index contributed by atoms with van der Waals surface area (Å²) in [5, 5.41) is 20.3. The molecule has 0 fully saturated rings. The Morgan fingerprint density at radius 3 is 2.45 bits per heavy atom. The van der Waals surface area contributed by atoms with Crippen LogP contribution >= 0.6 is 0 Å². The summed E-state index contributed by atoms with van der Waals surface area (Å²) in [6.45, 7) is 7.74. The fourth-order valence-corrected chi connectivity index (χ4v) is 6.28. The van der Waals surface area contributed by atoms with Crippen LogP contribution in [0.1, 0.15) is 62.2 Å². The molecule has 0 radical (unpaired) electrons. The zero-order valence-electron chi connectivity index (χ0n) is 23.0. The summed E-state index contributed by atoms with van der Waals surface area (Å²) in [5.74, 6) is -0.667. The van der Waals surface area contributed by atoms with Crippen molar-refractivity contribution in [1.82, 2.24) is 14.5 Å². The number of sulfone groups is 1. The average molecular weight is 557 g/mol. The monoisotopic (exact) mass is 556 g/mol. The van der Waals surface area contributed by atoms with Gasteiger partial charge in [0.1, 0.15) is 5.82 Å². The van der Waals surface area contributed by atoms with E-state index in [2.05, 4.69) is 16.0 Å². The highest BCUT2D eigenvalue weighted by molar-refractivity contribution is 7.91. The maximum absolute atomic E-state index is 14.1. The van der Waals surface area contributed by atoms with Gasteiger partial charge >= 0.3 is 0 Å². The maximum atomic E-state index is 14.1. The minimum Gasteiger partial charge on any atom is -0.492 e. The van der Waals surface area contributed by atoms with Gasteiger partial charge < -0.3 is 5.11 Å². The lowest BCUT2D eigenvalue weighted by Crippen LogP contribution is -2.35. The first-order valence-electron chi connectivity index (χ1n) is 13.2. The zero-order valence-corrected chi connectivity index (χ0v) is 23.8. The third-order valence-corrected chi connectivity index (χ3v) is 8.70. The molecule has 0 saturated carbocycles. The Bertz CT molecular complexity index is 1740. The van der Waals surface area contributed by atoms with E-state index in [1.165, 1.54) is 16.7 Å². The van der Waals surface area contributed by atoms with Crippen LogP contribution in [0, 0.1) is 24.2 Å². The molecule has 40 heavy (non-hydrogen) atoms. The van der Waals surface area contributed by atoms with Gasteiger partial charge in [0.2, 0.25) is 15.7 Å². The van der Waals surface area contributed by atoms with Gasteiger partial charge in [-0.1, -0.05) is 51.5 Å². The quantitative estimate of drug-likeness (QED) is 0.284. The second-order valence-corrected chi connectivity index (χ2v) is 12.0. The van der Waals surface area contributed by atoms with Crippen molar-refractivity contribution >= 4 is 9.84 Å². The van der Waals surface area contributed by atoms with E-state index in [0.717, 1.165) is 23.1 Å². The largest absolute Gasteiger partial charge is 0.492 e. The van der Waals surface area contributed by atoms with Crippen molar-refractivity contribution in [2.75, 3.05) is 0 Å². The first kappa shape index (κ1) is 28.7. The number of benzene rings is 2. The summed E-state index contributed by atoms with van der Waals surface area (Å²) >= 11 is 0. The third kappa shape index (κ3) is 5.54. The molecule has 0 spiro atoms. The molecule has 1 atom stereocenters. The second kappa shape index (κ2) is 11.8. The van der Waals surface area contributed by atoms with Crippen LogP contribution in [0.25, 0.3) is 11.1 Å². The summed E-state index contributed by atoms with van der Waals surface area (Å²) in [5.41, 5.74) is 2.91. The molecule has 1 unspecified atom stereocenters. The topological polar surface area (TPSA) is 126 Å². The smallest absolute Gasteiger partial charge is 0.277 e. The van der Waals surface area contributed by atoms with E-state index in [9.17, 15) is 23.6 Å². The van der Waals surface area contributed by atoms with Gasteiger partial charge in [-0.3, -0.25) is 14.3 Å². The van der Waals surface area contributed by atoms with Gasteiger partial charge in [0.25, 0.3) is 5.56 Å². The van der Waals surface area contributed by atoms with Crippen molar-refractivity contribution < 1.29 is 13.5 Å². The normalized spacial score (nSPS) is 12.3. The van der Waals surface area contributed by atoms with E-state index in [4.69, 9.17) is 0 Å². The van der Waals surface area contributed by atoms with Crippen LogP contribution in [0.3, 0.4) is 0 Å². The van der Waals surface area contributed by atoms with Gasteiger partial charge in [-0.05, 0) is 71.8 Å². The van der Waals surface area contributed by atoms with Gasteiger partial charge in [-0.2, -0.15) is 10.2 Å². The summed E-state index contributed by atoms with van der Waals surface area (Å²) in [4.78, 5) is 21.6. The third-order valence-electron chi connectivity index (χ3n) is 6.91. The predicted octanol–water partition coefficient (Wildman–Crippen LogP) is 5.61. The molecule has 1 N–H and O–H groups in total. The first-order valence-corrected chi connectivity index (χ1v) is 14.7. The average Bonchev–Trinajstić information content (AvgIpc) is 2.93. The number of nitriles is 1. The molecule has 206 valence electrons. The van der Waals surface area contributed by atoms with Crippen LogP contribution in [-0.4, -0.2) is 28.1 Å². The molecule has 0 bridgehead atoms. The van der Waals surface area contributed by atoms with Crippen LogP contribution in [0.4, 0.5) is 0 Å². The van der Waals surface area contributed by atoms with Crippen molar-refractivity contribution in [3.63, 3.8) is 0 Å². The number of aromatic nitrogens is 3. The van der Waals surface area contributed by atoms with Crippen LogP contribution in [-0.2, 0) is 16.3 Å². The molecular weight excluding hydrogens is 524 g/mol. The van der Waals surface area contributed by atoms with Gasteiger partial charge in [-0.15, -0.1) is 0 Å². The van der Waals surface area contributed by atoms with Gasteiger partial charge in [-0.25, -0.2) is 8.42 Å². The van der Waals surface area contributed by atoms with E-state index in [1.54, 1.807) is 42.7 Å². The number of nitrogens with zero attached hydrogens (tertiary/aromatic N) is 4. The molecule has 0 aliphatic carbocycles. The van der Waals surface area contributed by atoms with Gasteiger partial charge in [0, 0.05) is 18.8 Å². The fourth-order valence-electron chi connectivity index (χ4n) is 4.94. The SMILES string of the molecule is CCCCc1nc(O)c(S(=O)(=O)c2ccc(-c3ccncc3C)cc2)c(=O)n1C(c1cccc(C#N)c1)C(C)C. The fraction of sp³-hybridized carbons (Fsp3) is 0.290. The van der Waals surface area contributed by atoms with Gasteiger partial charge in [0.15, 0.2) is 4.90 Å². The standard InChI is InChI=1S/C31H32N4O4S/c1-5-6-10-27-34-30(36)29(31(37)35(27)28(20(2)3)24-9-7-8-22(17-24)18-32)40(38,39)25-13-11-23(12-14-25)26-15-16-33-19-21(26)4/h7-9,11-17,19-20,28,36H,5-6,10H2,1-4H3. The molecule has 8 nitrogen and oxygen atoms in total. The minimum atomic E-state index is -4.43. The molecule has 2 aromatic heterocycles. The van der Waals surface area contributed by atoms with E-state index < -0.39 is 32.2 Å². The van der Waals surface area contributed by atoms with Crippen LogP contribution in [0.2, 0.25) is 0 Å². The zero-order chi connectivity index (χ0) is 29.0. The Kier molecular flexibility index (Phi) is 8.50. The van der Waals surface area contributed by atoms with E-state index in [0.29, 0.717) is 29.8 Å². The Morgan fingerprint density at radius 2 is 1.82 bits per heavy atom. The summed E-state index contributed by atoms with van der Waals surface area (Å²) < 4.78 is 29.0. The van der Waals surface area contributed by atoms with E-state index >= 15 is 0 Å². The molecule has 4 rings (SSSR count). The Morgan fingerprint density at radius 1 is 1.10 bits per heavy atom. The molecule has 4 aromatic rings. The molecule has 0 amide bonds. The van der Waals surface area contributed by atoms with Crippen LogP contribution in [0.5, 0.6) is 5.88 Å². The number of aromatic hydroxyl groups is 1. The molecular formula is C31H32N4O4S. The highest BCUT2D eigenvalue weighted by Gasteiger charge is 2.33. The number of hydrogen-bond donors (Lipinski definition) is 1. The lowest BCUT2D eigenvalue weighted by atomic mass is 9.94. The second-order valence-electron chi connectivity index (χ2n) is 10.1. The summed E-state index contributed by atoms with van der Waals surface area (Å²) in [6.07, 6.45) is 5.27. The Hall–Kier alpha value is -4.29. The number of hydrogen-bond acceptors (Lipinski definition) is 7. The molecule has 0 aliphatic heterocycles. The number of pyridine rings is 1. The highest BCUT2D eigenvalue weighted by atomic mass is 32.2. The Labute approximate surface area is 234 Å².